The van der Waals surface area contributed by atoms with Gasteiger partial charge in [0.1, 0.15) is 5.58 Å². The van der Waals surface area contributed by atoms with Gasteiger partial charge in [-0.15, -0.1) is 54.1 Å². The number of rotatable bonds is 9. The molecule has 0 fully saturated rings. The molecule has 0 bridgehead atoms. The number of benzene rings is 5. The first-order valence-corrected chi connectivity index (χ1v) is 25.2. The molecule has 0 aliphatic carbocycles. The van der Waals surface area contributed by atoms with Crippen LogP contribution in [0.1, 0.15) is 75.8 Å². The van der Waals surface area contributed by atoms with Gasteiger partial charge < -0.3 is 14.0 Å². The van der Waals surface area contributed by atoms with E-state index in [1.165, 1.54) is 38.7 Å². The van der Waals surface area contributed by atoms with Crippen molar-refractivity contribution in [1.29, 1.82) is 0 Å². The van der Waals surface area contributed by atoms with Gasteiger partial charge in [-0.25, -0.2) is 0 Å². The van der Waals surface area contributed by atoms with Crippen LogP contribution in [-0.2, 0) is 26.5 Å². The van der Waals surface area contributed by atoms with E-state index in [0.717, 1.165) is 67.7 Å². The molecule has 0 atom stereocenters. The molecule has 0 saturated carbocycles. The molecule has 0 saturated heterocycles. The summed E-state index contributed by atoms with van der Waals surface area (Å²) >= 11 is 0. The molecule has 4 heterocycles. The van der Waals surface area contributed by atoms with Crippen molar-refractivity contribution in [1.82, 2.24) is 19.5 Å². The van der Waals surface area contributed by atoms with E-state index in [0.29, 0.717) is 5.92 Å². The number of hydrogen-bond donors (Lipinski definition) is 0. The molecule has 5 aromatic carbocycles. The molecule has 1 radical (unpaired) electrons. The standard InChI is InChI=1S/C37H32N3O.C18H24NSi.Ir/c1-22(2)30-20-26(25-12-7-6-8-13-25)21-31(23(3)4)35(30)40-32-18-19-38-24(5)34(32)39-37(40)29-16-11-15-28-27-14-9-10-17-33(27)41-36(28)29;1-14(2)11-16-12-17(15-9-7-6-8-10-15)19-13-18(16)20(3,4)5;/h6-15,17-23H,1-5H3;6-9,12-14H,11H2,1-5H3;/q2*-1;. The maximum absolute atomic E-state index is 6.49. The monoisotopic (exact) mass is 1010 g/mol. The van der Waals surface area contributed by atoms with Gasteiger partial charge in [-0.2, -0.15) is 0 Å². The Morgan fingerprint density at radius 2 is 1.40 bits per heavy atom. The SMILES string of the molecule is CC(C)Cc1cc(-c2[c-]cccc2)ncc1[Si](C)(C)C.Cc1nccc2c1nc(-c1[c-]ccc3c1oc1ccccc13)n2-c1c(C(C)C)cc(-c2ccccc2)cc1C(C)C.[Ir]. The Morgan fingerprint density at radius 3 is 2.06 bits per heavy atom. The Hall–Kier alpha value is -5.46. The van der Waals surface area contributed by atoms with E-state index in [1.807, 2.05) is 49.5 Å². The van der Waals surface area contributed by atoms with E-state index in [-0.39, 0.29) is 31.9 Å². The predicted molar refractivity (Wildman–Crippen MR) is 259 cm³/mol. The van der Waals surface area contributed by atoms with Crippen molar-refractivity contribution in [2.45, 2.75) is 86.4 Å². The van der Waals surface area contributed by atoms with Crippen molar-refractivity contribution in [3.8, 4) is 39.5 Å². The van der Waals surface area contributed by atoms with E-state index in [4.69, 9.17) is 9.40 Å². The fraction of sp³-hybridized carbons (Fsp3) is 0.255. The van der Waals surface area contributed by atoms with Gasteiger partial charge in [0, 0.05) is 43.6 Å². The third-order valence-corrected chi connectivity index (χ3v) is 13.5. The molecule has 9 rings (SSSR count). The molecular weight excluding hydrogens is 953 g/mol. The van der Waals surface area contributed by atoms with E-state index in [2.05, 4.69) is 173 Å². The first-order valence-electron chi connectivity index (χ1n) is 21.7. The minimum atomic E-state index is -1.34. The summed E-state index contributed by atoms with van der Waals surface area (Å²) in [4.78, 5) is 14.6. The smallest absolute Gasteiger partial charge is 0.120 e. The minimum absolute atomic E-state index is 0. The summed E-state index contributed by atoms with van der Waals surface area (Å²) in [6.45, 7) is 22.9. The zero-order valence-electron chi connectivity index (χ0n) is 37.6. The summed E-state index contributed by atoms with van der Waals surface area (Å²) in [6, 6.07) is 46.8. The van der Waals surface area contributed by atoms with Gasteiger partial charge in [-0.1, -0.05) is 132 Å². The van der Waals surface area contributed by atoms with E-state index in [9.17, 15) is 0 Å². The van der Waals surface area contributed by atoms with Crippen molar-refractivity contribution in [3.05, 3.63) is 162 Å². The van der Waals surface area contributed by atoms with E-state index in [1.54, 1.807) is 0 Å². The van der Waals surface area contributed by atoms with Crippen LogP contribution in [-0.4, -0.2) is 27.6 Å². The molecular formula is C55H56IrN4OSi-2. The Bertz CT molecular complexity index is 2950. The maximum atomic E-state index is 6.49. The van der Waals surface area contributed by atoms with Crippen LogP contribution >= 0.6 is 0 Å². The fourth-order valence-corrected chi connectivity index (χ4v) is 10.1. The summed E-state index contributed by atoms with van der Waals surface area (Å²) in [5.74, 6) is 2.05. The third-order valence-electron chi connectivity index (χ3n) is 11.5. The van der Waals surface area contributed by atoms with Crippen LogP contribution in [0.2, 0.25) is 19.6 Å². The fourth-order valence-electron chi connectivity index (χ4n) is 8.48. The normalized spacial score (nSPS) is 11.8. The molecule has 0 aliphatic heterocycles. The third kappa shape index (κ3) is 8.90. The molecule has 0 unspecified atom stereocenters. The van der Waals surface area contributed by atoms with Crippen molar-refractivity contribution in [3.63, 3.8) is 0 Å². The van der Waals surface area contributed by atoms with Gasteiger partial charge >= 0.3 is 0 Å². The molecule has 0 spiro atoms. The van der Waals surface area contributed by atoms with Gasteiger partial charge in [0.15, 0.2) is 0 Å². The molecule has 5 nitrogen and oxygen atoms in total. The van der Waals surface area contributed by atoms with Crippen molar-refractivity contribution < 1.29 is 24.5 Å². The summed E-state index contributed by atoms with van der Waals surface area (Å²) in [5, 5.41) is 3.65. The van der Waals surface area contributed by atoms with Gasteiger partial charge in [-0.3, -0.25) is 9.97 Å². The molecule has 0 amide bonds. The summed E-state index contributed by atoms with van der Waals surface area (Å²) in [5.41, 5.74) is 15.1. The molecule has 0 N–H and O–H groups in total. The summed E-state index contributed by atoms with van der Waals surface area (Å²) in [7, 11) is -1.34. The average molecular weight is 1010 g/mol. The van der Waals surface area contributed by atoms with Crippen LogP contribution in [0.25, 0.3) is 72.4 Å². The van der Waals surface area contributed by atoms with Gasteiger partial charge in [0.05, 0.1) is 36.2 Å². The molecule has 317 valence electrons. The van der Waals surface area contributed by atoms with Gasteiger partial charge in [0.2, 0.25) is 0 Å². The number of hydrogen-bond acceptors (Lipinski definition) is 4. The zero-order valence-corrected chi connectivity index (χ0v) is 41.0. The van der Waals surface area contributed by atoms with Crippen LogP contribution < -0.4 is 5.19 Å². The second kappa shape index (κ2) is 18.5. The minimum Gasteiger partial charge on any atom is -0.501 e. The first-order chi connectivity index (χ1) is 29.3. The first kappa shape index (κ1) is 44.6. The number of imidazole rings is 1. The Kier molecular flexibility index (Phi) is 13.3. The largest absolute Gasteiger partial charge is 0.501 e. The van der Waals surface area contributed by atoms with E-state index >= 15 is 0 Å². The molecule has 0 aliphatic rings. The number of nitrogens with zero attached hydrogens (tertiary/aromatic N) is 4. The summed E-state index contributed by atoms with van der Waals surface area (Å²) < 4.78 is 8.82. The summed E-state index contributed by atoms with van der Waals surface area (Å²) in [6.07, 6.45) is 5.12. The number of para-hydroxylation sites is 1. The number of furan rings is 1. The second-order valence-electron chi connectivity index (χ2n) is 18.3. The topological polar surface area (TPSA) is 56.7 Å². The number of fused-ring (bicyclic) bond motifs is 4. The van der Waals surface area contributed by atoms with Crippen LogP contribution in [0.4, 0.5) is 0 Å². The quantitative estimate of drug-likeness (QED) is 0.107. The maximum Gasteiger partial charge on any atom is 0.120 e. The predicted octanol–water partition coefficient (Wildman–Crippen LogP) is 14.3. The van der Waals surface area contributed by atoms with Crippen molar-refractivity contribution in [2.75, 3.05) is 0 Å². The molecule has 9 aromatic rings. The Labute approximate surface area is 382 Å². The zero-order chi connectivity index (χ0) is 43.0. The van der Waals surface area contributed by atoms with Crippen LogP contribution in [0.5, 0.6) is 0 Å². The number of pyridine rings is 2. The number of aromatic nitrogens is 4. The van der Waals surface area contributed by atoms with Crippen molar-refractivity contribution >= 4 is 46.2 Å². The van der Waals surface area contributed by atoms with Gasteiger partial charge in [-0.05, 0) is 88.5 Å². The second-order valence-corrected chi connectivity index (χ2v) is 23.3. The number of aryl methyl sites for hydroxylation is 1. The van der Waals surface area contributed by atoms with Crippen LogP contribution in [0, 0.1) is 25.0 Å². The van der Waals surface area contributed by atoms with E-state index < -0.39 is 8.07 Å². The molecule has 7 heteroatoms. The molecule has 62 heavy (non-hydrogen) atoms. The molecule has 4 aromatic heterocycles. The van der Waals surface area contributed by atoms with Crippen LogP contribution in [0.3, 0.4) is 0 Å². The van der Waals surface area contributed by atoms with Gasteiger partial charge in [0.25, 0.3) is 0 Å². The van der Waals surface area contributed by atoms with Crippen LogP contribution in [0.15, 0.2) is 132 Å². The Morgan fingerprint density at radius 1 is 0.710 bits per heavy atom. The van der Waals surface area contributed by atoms with Crippen molar-refractivity contribution in [2.24, 2.45) is 5.92 Å². The Balaban J connectivity index is 0.000000233. The average Bonchev–Trinajstić information content (AvgIpc) is 3.83.